The molecule has 1 aromatic rings. The van der Waals surface area contributed by atoms with E-state index in [9.17, 15) is 18.0 Å². The molecule has 0 fully saturated rings. The molecular formula is C12H10Cl3F3N2O. The minimum Gasteiger partial charge on any atom is -0.280 e. The number of hydrogen-bond acceptors (Lipinski definition) is 3. The molecule has 0 atom stereocenters. The second-order valence-electron chi connectivity index (χ2n) is 4.68. The van der Waals surface area contributed by atoms with Crippen LogP contribution in [0.1, 0.15) is 19.4 Å². The van der Waals surface area contributed by atoms with Gasteiger partial charge in [-0.3, -0.25) is 10.2 Å². The lowest BCUT2D eigenvalue weighted by Crippen LogP contribution is -2.21. The van der Waals surface area contributed by atoms with Crippen molar-refractivity contribution < 1.29 is 18.0 Å². The van der Waals surface area contributed by atoms with E-state index in [1.54, 1.807) is 0 Å². The molecule has 0 unspecified atom stereocenters. The number of anilines is 1. The van der Waals surface area contributed by atoms with Crippen LogP contribution in [0.25, 0.3) is 0 Å². The van der Waals surface area contributed by atoms with E-state index in [1.165, 1.54) is 20.1 Å². The highest BCUT2D eigenvalue weighted by Gasteiger charge is 2.32. The number of rotatable bonds is 4. The normalized spacial score (nSPS) is 12.8. The number of benzene rings is 1. The van der Waals surface area contributed by atoms with E-state index < -0.39 is 22.4 Å². The van der Waals surface area contributed by atoms with Crippen LogP contribution in [0.4, 0.5) is 18.9 Å². The zero-order chi connectivity index (χ0) is 16.4. The molecule has 0 aliphatic carbocycles. The first-order chi connectivity index (χ1) is 9.45. The molecule has 3 nitrogen and oxygen atoms in total. The van der Waals surface area contributed by atoms with Gasteiger partial charge in [-0.1, -0.05) is 23.2 Å². The van der Waals surface area contributed by atoms with E-state index in [0.29, 0.717) is 0 Å². The van der Waals surface area contributed by atoms with Gasteiger partial charge in [0.05, 0.1) is 26.7 Å². The van der Waals surface area contributed by atoms with E-state index in [2.05, 4.69) is 10.5 Å². The quantitative estimate of drug-likeness (QED) is 0.455. The van der Waals surface area contributed by atoms with Gasteiger partial charge in [0.15, 0.2) is 0 Å². The average Bonchev–Trinajstić information content (AvgIpc) is 2.30. The van der Waals surface area contributed by atoms with Crippen molar-refractivity contribution in [2.75, 3.05) is 5.43 Å². The van der Waals surface area contributed by atoms with E-state index in [-0.39, 0.29) is 15.7 Å². The summed E-state index contributed by atoms with van der Waals surface area (Å²) in [4.78, 5) is 11.1. The van der Waals surface area contributed by atoms with Crippen LogP contribution in [0.15, 0.2) is 17.2 Å². The molecule has 0 heterocycles. The molecule has 0 spiro atoms. The first kappa shape index (κ1) is 18.1. The average molecular weight is 362 g/mol. The Bertz CT molecular complexity index is 563. The van der Waals surface area contributed by atoms with Gasteiger partial charge < -0.3 is 0 Å². The van der Waals surface area contributed by atoms with Crippen LogP contribution in [-0.4, -0.2) is 11.5 Å². The number of hydrazone groups is 1. The molecule has 0 aliphatic heterocycles. The molecule has 1 rings (SSSR count). The van der Waals surface area contributed by atoms with Crippen molar-refractivity contribution in [1.29, 1.82) is 0 Å². The fraction of sp³-hybridized carbons (Fsp3) is 0.333. The zero-order valence-corrected chi connectivity index (χ0v) is 13.1. The molecule has 116 valence electrons. The van der Waals surface area contributed by atoms with E-state index >= 15 is 0 Å². The van der Waals surface area contributed by atoms with Crippen LogP contribution in [0.2, 0.25) is 10.0 Å². The topological polar surface area (TPSA) is 41.5 Å². The van der Waals surface area contributed by atoms with E-state index in [4.69, 9.17) is 34.8 Å². The standard InChI is InChI=1S/C12H10Cl3F3N2O/c1-11(2,10(15)21)5-19-20-9-7(13)3-6(4-8(9)14)12(16,17)18/h3-5,20H,1-2H3. The summed E-state index contributed by atoms with van der Waals surface area (Å²) in [6.45, 7) is 3.03. The van der Waals surface area contributed by atoms with Crippen LogP contribution in [0.3, 0.4) is 0 Å². The van der Waals surface area contributed by atoms with Crippen LogP contribution in [0, 0.1) is 5.41 Å². The monoisotopic (exact) mass is 360 g/mol. The Kier molecular flexibility index (Phi) is 5.52. The Balaban J connectivity index is 3.01. The molecule has 0 saturated carbocycles. The molecule has 0 bridgehead atoms. The number of halogens is 6. The summed E-state index contributed by atoms with van der Waals surface area (Å²) in [7, 11) is 0. The predicted octanol–water partition coefficient (Wildman–Crippen LogP) is 5.20. The fourth-order valence-electron chi connectivity index (χ4n) is 1.15. The van der Waals surface area contributed by atoms with Gasteiger partial charge in [-0.15, -0.1) is 0 Å². The van der Waals surface area contributed by atoms with Gasteiger partial charge in [0.2, 0.25) is 5.24 Å². The minimum atomic E-state index is -4.55. The second-order valence-corrected chi connectivity index (χ2v) is 5.84. The van der Waals surface area contributed by atoms with Crippen LogP contribution in [0.5, 0.6) is 0 Å². The summed E-state index contributed by atoms with van der Waals surface area (Å²) in [5.74, 6) is 0. The molecule has 0 aromatic heterocycles. The lowest BCUT2D eigenvalue weighted by Gasteiger charge is -2.14. The maximum absolute atomic E-state index is 12.6. The maximum Gasteiger partial charge on any atom is 0.416 e. The SMILES string of the molecule is CC(C)(C=NNc1c(Cl)cc(C(F)(F)F)cc1Cl)C(=O)Cl. The Hall–Kier alpha value is -0.980. The Morgan fingerprint density at radius 1 is 1.24 bits per heavy atom. The number of carbonyl (C=O) groups excluding carboxylic acids is 1. The fourth-order valence-corrected chi connectivity index (χ4v) is 1.77. The highest BCUT2D eigenvalue weighted by atomic mass is 35.5. The van der Waals surface area contributed by atoms with E-state index in [0.717, 1.165) is 12.1 Å². The Labute approximate surface area is 134 Å². The highest BCUT2D eigenvalue weighted by molar-refractivity contribution is 6.66. The molecule has 9 heteroatoms. The molecule has 0 aliphatic rings. The van der Waals surface area contributed by atoms with E-state index in [1.807, 2.05) is 0 Å². The largest absolute Gasteiger partial charge is 0.416 e. The third-order valence-electron chi connectivity index (χ3n) is 2.44. The maximum atomic E-state index is 12.6. The molecule has 0 amide bonds. The van der Waals surface area contributed by atoms with Gasteiger partial charge in [-0.25, -0.2) is 0 Å². The summed E-state index contributed by atoms with van der Waals surface area (Å²) >= 11 is 16.8. The van der Waals surface area contributed by atoms with Crippen LogP contribution in [-0.2, 0) is 11.0 Å². The van der Waals surface area contributed by atoms with Gasteiger partial charge in [0, 0.05) is 6.21 Å². The first-order valence-corrected chi connectivity index (χ1v) is 6.65. The van der Waals surface area contributed by atoms with Crippen molar-refractivity contribution in [1.82, 2.24) is 0 Å². The van der Waals surface area contributed by atoms with Gasteiger partial charge in [0.25, 0.3) is 0 Å². The minimum absolute atomic E-state index is 0.000375. The Morgan fingerprint density at radius 3 is 2.10 bits per heavy atom. The molecule has 0 saturated heterocycles. The summed E-state index contributed by atoms with van der Waals surface area (Å²) < 4.78 is 37.7. The summed E-state index contributed by atoms with van der Waals surface area (Å²) in [5, 5.41) is 2.58. The number of nitrogens with zero attached hydrogens (tertiary/aromatic N) is 1. The van der Waals surface area contributed by atoms with Crippen molar-refractivity contribution >= 4 is 51.9 Å². The van der Waals surface area contributed by atoms with Crippen molar-refractivity contribution in [2.24, 2.45) is 10.5 Å². The second kappa shape index (κ2) is 6.42. The smallest absolute Gasteiger partial charge is 0.280 e. The Morgan fingerprint density at radius 2 is 1.71 bits per heavy atom. The third-order valence-corrected chi connectivity index (χ3v) is 3.52. The molecule has 21 heavy (non-hydrogen) atoms. The first-order valence-electron chi connectivity index (χ1n) is 5.51. The molecule has 1 aromatic carbocycles. The van der Waals surface area contributed by atoms with Crippen molar-refractivity contribution in [3.05, 3.63) is 27.7 Å². The molecule has 0 radical (unpaired) electrons. The van der Waals surface area contributed by atoms with Crippen molar-refractivity contribution in [3.63, 3.8) is 0 Å². The predicted molar refractivity (Wildman–Crippen MR) is 78.2 cm³/mol. The number of hydrogen-bond donors (Lipinski definition) is 1. The van der Waals surface area contributed by atoms with Gasteiger partial charge in [0.1, 0.15) is 0 Å². The number of carbonyl (C=O) groups is 1. The summed E-state index contributed by atoms with van der Waals surface area (Å²) in [5.41, 5.74) is 0.387. The molecule has 1 N–H and O–H groups in total. The van der Waals surface area contributed by atoms with Gasteiger partial charge in [-0.2, -0.15) is 18.3 Å². The van der Waals surface area contributed by atoms with Crippen molar-refractivity contribution in [3.8, 4) is 0 Å². The zero-order valence-electron chi connectivity index (χ0n) is 10.9. The number of nitrogens with one attached hydrogen (secondary N) is 1. The highest BCUT2D eigenvalue weighted by Crippen LogP contribution is 2.38. The molecular weight excluding hydrogens is 351 g/mol. The van der Waals surface area contributed by atoms with Crippen LogP contribution < -0.4 is 5.43 Å². The van der Waals surface area contributed by atoms with Crippen LogP contribution >= 0.6 is 34.8 Å². The van der Waals surface area contributed by atoms with Gasteiger partial charge in [-0.05, 0) is 37.6 Å². The van der Waals surface area contributed by atoms with Crippen molar-refractivity contribution in [2.45, 2.75) is 20.0 Å². The summed E-state index contributed by atoms with van der Waals surface area (Å²) in [6, 6.07) is 1.45. The van der Waals surface area contributed by atoms with Gasteiger partial charge >= 0.3 is 6.18 Å². The summed E-state index contributed by atoms with van der Waals surface area (Å²) in [6.07, 6.45) is -3.35. The number of alkyl halides is 3. The lowest BCUT2D eigenvalue weighted by atomic mass is 9.98. The lowest BCUT2D eigenvalue weighted by molar-refractivity contribution is -0.137. The third kappa shape index (κ3) is 4.76.